The maximum absolute atomic E-state index is 11.0. The summed E-state index contributed by atoms with van der Waals surface area (Å²) in [4.78, 5) is 2.36. The summed E-state index contributed by atoms with van der Waals surface area (Å²) in [5.41, 5.74) is 1.56. The second-order valence-corrected chi connectivity index (χ2v) is 8.71. The zero-order chi connectivity index (χ0) is 23.1. The third-order valence-corrected chi connectivity index (χ3v) is 6.09. The van der Waals surface area contributed by atoms with Gasteiger partial charge in [-0.3, -0.25) is 9.58 Å². The van der Waals surface area contributed by atoms with Crippen LogP contribution in [0.1, 0.15) is 24.0 Å². The molecule has 0 radical (unpaired) electrons. The van der Waals surface area contributed by atoms with Crippen molar-refractivity contribution in [3.63, 3.8) is 0 Å². The number of aromatic nitrogens is 2. The number of hydrogen-bond donors (Lipinski definition) is 1. The summed E-state index contributed by atoms with van der Waals surface area (Å²) >= 11 is 0. The van der Waals surface area contributed by atoms with Crippen LogP contribution >= 0.6 is 0 Å². The van der Waals surface area contributed by atoms with E-state index in [-0.39, 0.29) is 0 Å². The summed E-state index contributed by atoms with van der Waals surface area (Å²) in [7, 11) is 1.65. The summed E-state index contributed by atoms with van der Waals surface area (Å²) in [5, 5.41) is 15.2. The molecule has 7 heteroatoms. The van der Waals surface area contributed by atoms with Gasteiger partial charge in [0.25, 0.3) is 0 Å². The summed E-state index contributed by atoms with van der Waals surface area (Å²) in [6.45, 7) is 5.99. The van der Waals surface area contributed by atoms with Crippen molar-refractivity contribution in [3.8, 4) is 17.2 Å². The van der Waals surface area contributed by atoms with E-state index in [1.165, 1.54) is 5.56 Å². The van der Waals surface area contributed by atoms with Gasteiger partial charge in [-0.1, -0.05) is 23.8 Å². The van der Waals surface area contributed by atoms with Crippen LogP contribution in [0, 0.1) is 6.92 Å². The minimum Gasteiger partial charge on any atom is -0.493 e. The van der Waals surface area contributed by atoms with Gasteiger partial charge in [0.2, 0.25) is 0 Å². The lowest BCUT2D eigenvalue weighted by Crippen LogP contribution is -2.47. The van der Waals surface area contributed by atoms with Crippen molar-refractivity contribution in [2.75, 3.05) is 33.4 Å². The molecule has 2 aromatic carbocycles. The van der Waals surface area contributed by atoms with Crippen molar-refractivity contribution in [2.24, 2.45) is 0 Å². The molecule has 0 aliphatic carbocycles. The maximum atomic E-state index is 11.0. The van der Waals surface area contributed by atoms with Crippen molar-refractivity contribution < 1.29 is 19.3 Å². The number of ether oxygens (including phenoxy) is 3. The molecule has 4 rings (SSSR count). The van der Waals surface area contributed by atoms with Crippen LogP contribution in [0.25, 0.3) is 0 Å². The van der Waals surface area contributed by atoms with Gasteiger partial charge in [-0.2, -0.15) is 5.10 Å². The normalized spacial score (nSPS) is 15.8. The van der Waals surface area contributed by atoms with Gasteiger partial charge in [0.15, 0.2) is 11.5 Å². The van der Waals surface area contributed by atoms with Gasteiger partial charge < -0.3 is 19.3 Å². The molecule has 0 bridgehead atoms. The first kappa shape index (κ1) is 23.1. The molecule has 1 N–H and O–H groups in total. The topological polar surface area (TPSA) is 69.0 Å². The van der Waals surface area contributed by atoms with E-state index in [1.54, 1.807) is 13.3 Å². The quantitative estimate of drug-likeness (QED) is 0.507. The Hall–Kier alpha value is -3.03. The average Bonchev–Trinajstić information content (AvgIpc) is 3.34. The molecule has 33 heavy (non-hydrogen) atoms. The van der Waals surface area contributed by atoms with Crippen LogP contribution in [0.3, 0.4) is 0 Å². The van der Waals surface area contributed by atoms with E-state index in [9.17, 15) is 5.11 Å². The van der Waals surface area contributed by atoms with E-state index in [0.717, 1.165) is 42.4 Å². The second kappa shape index (κ2) is 10.7. The lowest BCUT2D eigenvalue weighted by Gasteiger charge is -2.38. The lowest BCUT2D eigenvalue weighted by atomic mass is 9.92. The average molecular weight is 452 g/mol. The number of rotatable bonds is 10. The Kier molecular flexibility index (Phi) is 7.52. The van der Waals surface area contributed by atoms with Crippen LogP contribution in [-0.2, 0) is 13.1 Å². The number of likely N-dealkylation sites (tertiary alicyclic amines) is 1. The van der Waals surface area contributed by atoms with Crippen molar-refractivity contribution in [2.45, 2.75) is 38.5 Å². The van der Waals surface area contributed by atoms with Crippen LogP contribution < -0.4 is 14.2 Å². The highest BCUT2D eigenvalue weighted by molar-refractivity contribution is 5.43. The first-order valence-corrected chi connectivity index (χ1v) is 11.4. The molecule has 0 atom stereocenters. The van der Waals surface area contributed by atoms with E-state index in [2.05, 4.69) is 16.1 Å². The van der Waals surface area contributed by atoms with Gasteiger partial charge in [0.05, 0.1) is 13.7 Å². The predicted octanol–water partition coefficient (Wildman–Crippen LogP) is 3.69. The Morgan fingerprint density at radius 1 is 1.03 bits per heavy atom. The van der Waals surface area contributed by atoms with Crippen molar-refractivity contribution >= 4 is 0 Å². The predicted molar refractivity (Wildman–Crippen MR) is 127 cm³/mol. The molecule has 2 heterocycles. The standard InChI is InChI=1S/C26H33N3O4/c1-21-4-7-23(8-5-21)33-20-26(30)10-14-28(15-11-26)19-22-6-9-24(31-2)25(18-22)32-17-16-29-13-3-12-27-29/h3-9,12-13,18,30H,10-11,14-17,19-20H2,1-2H3. The number of nitrogens with zero attached hydrogens (tertiary/aromatic N) is 3. The number of hydrogen-bond acceptors (Lipinski definition) is 6. The highest BCUT2D eigenvalue weighted by atomic mass is 16.5. The Labute approximate surface area is 195 Å². The molecule has 0 amide bonds. The highest BCUT2D eigenvalue weighted by Crippen LogP contribution is 2.30. The third kappa shape index (κ3) is 6.49. The van der Waals surface area contributed by atoms with E-state index in [4.69, 9.17) is 14.2 Å². The fourth-order valence-corrected chi connectivity index (χ4v) is 4.00. The molecule has 1 saturated heterocycles. The van der Waals surface area contributed by atoms with Gasteiger partial charge in [-0.25, -0.2) is 0 Å². The van der Waals surface area contributed by atoms with Crippen LogP contribution in [0.2, 0.25) is 0 Å². The van der Waals surface area contributed by atoms with Gasteiger partial charge in [-0.15, -0.1) is 0 Å². The van der Waals surface area contributed by atoms with Crippen LogP contribution in [0.4, 0.5) is 0 Å². The number of aliphatic hydroxyl groups is 1. The number of piperidine rings is 1. The SMILES string of the molecule is COc1ccc(CN2CCC(O)(COc3ccc(C)cc3)CC2)cc1OCCn1cccn1. The summed E-state index contributed by atoms with van der Waals surface area (Å²) in [6, 6.07) is 15.9. The Morgan fingerprint density at radius 2 is 1.82 bits per heavy atom. The second-order valence-electron chi connectivity index (χ2n) is 8.71. The lowest BCUT2D eigenvalue weighted by molar-refractivity contribution is -0.0537. The number of benzene rings is 2. The fourth-order valence-electron chi connectivity index (χ4n) is 4.00. The maximum Gasteiger partial charge on any atom is 0.161 e. The van der Waals surface area contributed by atoms with Gasteiger partial charge in [0.1, 0.15) is 24.6 Å². The number of aryl methyl sites for hydroxylation is 1. The van der Waals surface area contributed by atoms with Crippen molar-refractivity contribution in [1.82, 2.24) is 14.7 Å². The molecule has 1 aliphatic heterocycles. The Bertz CT molecular complexity index is 997. The molecular formula is C26H33N3O4. The zero-order valence-corrected chi connectivity index (χ0v) is 19.4. The molecular weight excluding hydrogens is 418 g/mol. The molecule has 0 unspecified atom stereocenters. The summed E-state index contributed by atoms with van der Waals surface area (Å²) in [5.74, 6) is 2.26. The van der Waals surface area contributed by atoms with E-state index in [1.807, 2.05) is 60.3 Å². The first-order chi connectivity index (χ1) is 16.0. The van der Waals surface area contributed by atoms with Crippen molar-refractivity contribution in [3.05, 3.63) is 72.1 Å². The van der Waals surface area contributed by atoms with Crippen LogP contribution in [-0.4, -0.2) is 58.8 Å². The molecule has 7 nitrogen and oxygen atoms in total. The monoisotopic (exact) mass is 451 g/mol. The molecule has 0 spiro atoms. The summed E-state index contributed by atoms with van der Waals surface area (Å²) < 4.78 is 19.2. The minimum absolute atomic E-state index is 0.320. The number of methoxy groups -OCH3 is 1. The highest BCUT2D eigenvalue weighted by Gasteiger charge is 2.33. The van der Waals surface area contributed by atoms with E-state index < -0.39 is 5.60 Å². The smallest absolute Gasteiger partial charge is 0.161 e. The molecule has 176 valence electrons. The van der Waals surface area contributed by atoms with E-state index >= 15 is 0 Å². The molecule has 3 aromatic rings. The molecule has 0 saturated carbocycles. The Morgan fingerprint density at radius 3 is 2.52 bits per heavy atom. The van der Waals surface area contributed by atoms with Gasteiger partial charge in [-0.05, 0) is 55.7 Å². The van der Waals surface area contributed by atoms with Gasteiger partial charge >= 0.3 is 0 Å². The first-order valence-electron chi connectivity index (χ1n) is 11.4. The zero-order valence-electron chi connectivity index (χ0n) is 19.4. The largest absolute Gasteiger partial charge is 0.493 e. The minimum atomic E-state index is -0.790. The third-order valence-electron chi connectivity index (χ3n) is 6.09. The summed E-state index contributed by atoms with van der Waals surface area (Å²) in [6.07, 6.45) is 5.04. The van der Waals surface area contributed by atoms with Gasteiger partial charge in [0, 0.05) is 32.0 Å². The molecule has 1 aliphatic rings. The fraction of sp³-hybridized carbons (Fsp3) is 0.423. The van der Waals surface area contributed by atoms with Crippen LogP contribution in [0.15, 0.2) is 60.9 Å². The molecule has 1 aromatic heterocycles. The van der Waals surface area contributed by atoms with E-state index in [0.29, 0.717) is 32.6 Å². The molecule has 1 fully saturated rings. The Balaban J connectivity index is 1.27. The van der Waals surface area contributed by atoms with Crippen molar-refractivity contribution in [1.29, 1.82) is 0 Å². The van der Waals surface area contributed by atoms with Crippen LogP contribution in [0.5, 0.6) is 17.2 Å².